The molecule has 0 radical (unpaired) electrons. The summed E-state index contributed by atoms with van der Waals surface area (Å²) in [6.45, 7) is 1.76. The highest BCUT2D eigenvalue weighted by Gasteiger charge is 2.23. The maximum absolute atomic E-state index is 9.56. The van der Waals surface area contributed by atoms with Crippen molar-refractivity contribution in [3.05, 3.63) is 29.8 Å². The second kappa shape index (κ2) is 6.21. The molecular weight excluding hydrogens is 228 g/mol. The lowest BCUT2D eigenvalue weighted by Crippen LogP contribution is -2.29. The Kier molecular flexibility index (Phi) is 4.61. The molecule has 18 heavy (non-hydrogen) atoms. The third kappa shape index (κ3) is 3.47. The zero-order valence-corrected chi connectivity index (χ0v) is 11.1. The lowest BCUT2D eigenvalue weighted by Gasteiger charge is -2.28. The van der Waals surface area contributed by atoms with E-state index in [1.54, 1.807) is 14.0 Å². The molecule has 0 aliphatic heterocycles. The van der Waals surface area contributed by atoms with Crippen molar-refractivity contribution in [2.45, 2.75) is 50.9 Å². The Labute approximate surface area is 109 Å². The second-order valence-corrected chi connectivity index (χ2v) is 5.01. The Morgan fingerprint density at radius 2 is 2.06 bits per heavy atom. The molecule has 1 aromatic carbocycles. The zero-order chi connectivity index (χ0) is 13.0. The average molecular weight is 250 g/mol. The number of hydrogen-bond donors (Lipinski definition) is 1. The number of aliphatic hydroxyl groups is 1. The van der Waals surface area contributed by atoms with Gasteiger partial charge in [0, 0.05) is 13.5 Å². The van der Waals surface area contributed by atoms with Crippen molar-refractivity contribution in [3.63, 3.8) is 0 Å². The number of methoxy groups -OCH3 is 1. The van der Waals surface area contributed by atoms with E-state index in [0.29, 0.717) is 6.10 Å². The van der Waals surface area contributed by atoms with Gasteiger partial charge in [0.05, 0.1) is 12.2 Å². The normalized spacial score (nSPS) is 25.7. The minimum absolute atomic E-state index is 0.230. The summed E-state index contributed by atoms with van der Waals surface area (Å²) in [5.41, 5.74) is 0.895. The largest absolute Gasteiger partial charge is 0.490 e. The van der Waals surface area contributed by atoms with E-state index in [-0.39, 0.29) is 6.10 Å². The minimum atomic E-state index is -0.452. The average Bonchev–Trinajstić information content (AvgIpc) is 2.39. The molecule has 1 aliphatic rings. The van der Waals surface area contributed by atoms with Crippen LogP contribution in [0.1, 0.15) is 44.3 Å². The van der Waals surface area contributed by atoms with Crippen LogP contribution in [0, 0.1) is 0 Å². The van der Waals surface area contributed by atoms with Crippen molar-refractivity contribution in [1.29, 1.82) is 0 Å². The van der Waals surface area contributed by atoms with Crippen LogP contribution in [0.25, 0.3) is 0 Å². The summed E-state index contributed by atoms with van der Waals surface area (Å²) in [4.78, 5) is 0. The Hall–Kier alpha value is -1.06. The number of aliphatic hydroxyl groups excluding tert-OH is 1. The molecule has 0 spiro atoms. The van der Waals surface area contributed by atoms with Gasteiger partial charge >= 0.3 is 0 Å². The Balaban J connectivity index is 1.98. The van der Waals surface area contributed by atoms with Gasteiger partial charge in [-0.1, -0.05) is 12.1 Å². The van der Waals surface area contributed by atoms with E-state index >= 15 is 0 Å². The molecule has 1 saturated carbocycles. The predicted molar refractivity (Wildman–Crippen MR) is 70.8 cm³/mol. The molecule has 0 bridgehead atoms. The van der Waals surface area contributed by atoms with Gasteiger partial charge in [-0.3, -0.25) is 0 Å². The van der Waals surface area contributed by atoms with Crippen LogP contribution < -0.4 is 4.74 Å². The van der Waals surface area contributed by atoms with Crippen molar-refractivity contribution in [1.82, 2.24) is 0 Å². The van der Waals surface area contributed by atoms with Gasteiger partial charge in [0.2, 0.25) is 0 Å². The maximum atomic E-state index is 9.56. The standard InChI is InChI=1S/C15H22O3/c1-11(16)12-5-3-7-14(9-12)18-15-8-4-6-13(10-15)17-2/h3,5,7,9,11,13,15-16H,4,6,8,10H2,1-2H3/t11-,13?,15?/m0/s1. The van der Waals surface area contributed by atoms with Gasteiger partial charge in [-0.25, -0.2) is 0 Å². The summed E-state index contributed by atoms with van der Waals surface area (Å²) < 4.78 is 11.4. The molecule has 3 heteroatoms. The number of benzene rings is 1. The predicted octanol–water partition coefficient (Wildman–Crippen LogP) is 3.08. The molecular formula is C15H22O3. The Bertz CT molecular complexity index is 376. The number of ether oxygens (including phenoxy) is 2. The van der Waals surface area contributed by atoms with Crippen molar-refractivity contribution in [3.8, 4) is 5.75 Å². The monoisotopic (exact) mass is 250 g/mol. The number of rotatable bonds is 4. The van der Waals surface area contributed by atoms with Gasteiger partial charge in [0.1, 0.15) is 11.9 Å². The summed E-state index contributed by atoms with van der Waals surface area (Å²) in [5, 5.41) is 9.56. The van der Waals surface area contributed by atoms with Crippen LogP contribution in [0.3, 0.4) is 0 Å². The first-order valence-corrected chi connectivity index (χ1v) is 6.66. The van der Waals surface area contributed by atoms with Crippen LogP contribution in [0.2, 0.25) is 0 Å². The molecule has 1 fully saturated rings. The van der Waals surface area contributed by atoms with Crippen LogP contribution in [-0.2, 0) is 4.74 Å². The molecule has 0 heterocycles. The zero-order valence-electron chi connectivity index (χ0n) is 11.1. The highest BCUT2D eigenvalue weighted by atomic mass is 16.5. The third-order valence-corrected chi connectivity index (χ3v) is 3.55. The van der Waals surface area contributed by atoms with E-state index in [1.165, 1.54) is 0 Å². The molecule has 2 unspecified atom stereocenters. The summed E-state index contributed by atoms with van der Waals surface area (Å²) in [6, 6.07) is 7.70. The first-order valence-electron chi connectivity index (χ1n) is 6.66. The van der Waals surface area contributed by atoms with Crippen molar-refractivity contribution < 1.29 is 14.6 Å². The lowest BCUT2D eigenvalue weighted by atomic mass is 9.95. The molecule has 1 aliphatic carbocycles. The van der Waals surface area contributed by atoms with Gasteiger partial charge < -0.3 is 14.6 Å². The topological polar surface area (TPSA) is 38.7 Å². The molecule has 3 atom stereocenters. The fraction of sp³-hybridized carbons (Fsp3) is 0.600. The van der Waals surface area contributed by atoms with Crippen LogP contribution in [0.15, 0.2) is 24.3 Å². The van der Waals surface area contributed by atoms with Gasteiger partial charge in [0.25, 0.3) is 0 Å². The van der Waals surface area contributed by atoms with Crippen LogP contribution in [0.4, 0.5) is 0 Å². The van der Waals surface area contributed by atoms with E-state index in [1.807, 2.05) is 24.3 Å². The highest BCUT2D eigenvalue weighted by Crippen LogP contribution is 2.26. The van der Waals surface area contributed by atoms with E-state index in [2.05, 4.69) is 0 Å². The van der Waals surface area contributed by atoms with Gasteiger partial charge in [-0.15, -0.1) is 0 Å². The fourth-order valence-electron chi connectivity index (χ4n) is 2.46. The van der Waals surface area contributed by atoms with E-state index in [4.69, 9.17) is 9.47 Å². The van der Waals surface area contributed by atoms with Crippen LogP contribution in [-0.4, -0.2) is 24.4 Å². The lowest BCUT2D eigenvalue weighted by molar-refractivity contribution is 0.0209. The first kappa shape index (κ1) is 13.4. The summed E-state index contributed by atoms with van der Waals surface area (Å²) in [5.74, 6) is 0.843. The quantitative estimate of drug-likeness (QED) is 0.892. The summed E-state index contributed by atoms with van der Waals surface area (Å²) >= 11 is 0. The summed E-state index contributed by atoms with van der Waals surface area (Å²) in [7, 11) is 1.76. The van der Waals surface area contributed by atoms with Crippen LogP contribution in [0.5, 0.6) is 5.75 Å². The van der Waals surface area contributed by atoms with E-state index in [9.17, 15) is 5.11 Å². The van der Waals surface area contributed by atoms with Gasteiger partial charge in [-0.2, -0.15) is 0 Å². The van der Waals surface area contributed by atoms with Crippen molar-refractivity contribution in [2.24, 2.45) is 0 Å². The van der Waals surface area contributed by atoms with Crippen molar-refractivity contribution in [2.75, 3.05) is 7.11 Å². The first-order chi connectivity index (χ1) is 8.69. The SMILES string of the molecule is COC1CCCC(Oc2cccc([C@H](C)O)c2)C1. The second-order valence-electron chi connectivity index (χ2n) is 5.01. The smallest absolute Gasteiger partial charge is 0.120 e. The minimum Gasteiger partial charge on any atom is -0.490 e. The Morgan fingerprint density at radius 1 is 1.28 bits per heavy atom. The molecule has 0 saturated heterocycles. The molecule has 0 aromatic heterocycles. The van der Waals surface area contributed by atoms with E-state index < -0.39 is 6.10 Å². The maximum Gasteiger partial charge on any atom is 0.120 e. The highest BCUT2D eigenvalue weighted by molar-refractivity contribution is 5.29. The molecule has 2 rings (SSSR count). The van der Waals surface area contributed by atoms with Crippen molar-refractivity contribution >= 4 is 0 Å². The molecule has 1 aromatic rings. The van der Waals surface area contributed by atoms with Gasteiger partial charge in [0.15, 0.2) is 0 Å². The Morgan fingerprint density at radius 3 is 2.78 bits per heavy atom. The number of hydrogen-bond acceptors (Lipinski definition) is 3. The van der Waals surface area contributed by atoms with E-state index in [0.717, 1.165) is 37.0 Å². The van der Waals surface area contributed by atoms with Gasteiger partial charge in [-0.05, 0) is 43.9 Å². The molecule has 1 N–H and O–H groups in total. The third-order valence-electron chi connectivity index (χ3n) is 3.55. The summed E-state index contributed by atoms with van der Waals surface area (Å²) in [6.07, 6.45) is 4.42. The molecule has 0 amide bonds. The molecule has 3 nitrogen and oxygen atoms in total. The van der Waals surface area contributed by atoms with Crippen LogP contribution >= 0.6 is 0 Å². The fourth-order valence-corrected chi connectivity index (χ4v) is 2.46. The molecule has 100 valence electrons.